The van der Waals surface area contributed by atoms with Gasteiger partial charge < -0.3 is 10.6 Å². The fourth-order valence-electron chi connectivity index (χ4n) is 2.26. The highest BCUT2D eigenvalue weighted by atomic mass is 32.2. The van der Waals surface area contributed by atoms with E-state index in [1.807, 2.05) is 23.9 Å². The van der Waals surface area contributed by atoms with Crippen LogP contribution in [0.4, 0.5) is 10.5 Å². The molecule has 2 aromatic rings. The van der Waals surface area contributed by atoms with Crippen molar-refractivity contribution in [3.8, 4) is 0 Å². The van der Waals surface area contributed by atoms with Gasteiger partial charge in [-0.05, 0) is 26.5 Å². The van der Waals surface area contributed by atoms with E-state index in [1.165, 1.54) is 0 Å². The molecule has 2 heterocycles. The zero-order chi connectivity index (χ0) is 16.8. The van der Waals surface area contributed by atoms with Crippen LogP contribution in [0.25, 0.3) is 0 Å². The summed E-state index contributed by atoms with van der Waals surface area (Å²) in [5.41, 5.74) is 3.50. The number of nitrogens with zero attached hydrogens (tertiary/aromatic N) is 3. The molecular weight excluding hydrogens is 330 g/mol. The third-order valence-electron chi connectivity index (χ3n) is 3.35. The van der Waals surface area contributed by atoms with Gasteiger partial charge in [-0.15, -0.1) is 11.3 Å². The van der Waals surface area contributed by atoms with Crippen LogP contribution in [0, 0.1) is 13.8 Å². The zero-order valence-electron chi connectivity index (χ0n) is 14.0. The van der Waals surface area contributed by atoms with Gasteiger partial charge in [-0.3, -0.25) is 4.68 Å². The highest BCUT2D eigenvalue weighted by Gasteiger charge is 2.13. The molecule has 0 aliphatic rings. The Kier molecular flexibility index (Phi) is 6.47. The molecule has 0 aliphatic carbocycles. The minimum Gasteiger partial charge on any atom is -0.332 e. The normalized spacial score (nSPS) is 10.8. The number of hydrogen-bond donors (Lipinski definition) is 2. The van der Waals surface area contributed by atoms with E-state index in [-0.39, 0.29) is 6.03 Å². The molecule has 2 rings (SSSR count). The number of thioether (sulfide) groups is 1. The highest BCUT2D eigenvalue weighted by molar-refractivity contribution is 7.97. The molecule has 0 aliphatic heterocycles. The predicted molar refractivity (Wildman–Crippen MR) is 97.2 cm³/mol. The molecule has 8 heteroatoms. The van der Waals surface area contributed by atoms with Crippen LogP contribution in [0.3, 0.4) is 0 Å². The van der Waals surface area contributed by atoms with Crippen molar-refractivity contribution < 1.29 is 4.79 Å². The fourth-order valence-corrected chi connectivity index (χ4v) is 3.77. The van der Waals surface area contributed by atoms with E-state index in [0.717, 1.165) is 46.5 Å². The fraction of sp³-hybridized carbons (Fsp3) is 0.533. The number of aryl methyl sites for hydroxylation is 2. The summed E-state index contributed by atoms with van der Waals surface area (Å²) in [7, 11) is 0. The standard InChI is InChI=1S/C15H23N5OS2/c1-5-6-20-11(3)14(10(2)19-20)18-15(21)16-7-12-8-23-13(17-12)9-22-4/h8H,5-7,9H2,1-4H3,(H2,16,18,21). The van der Waals surface area contributed by atoms with Crippen LogP contribution in [-0.2, 0) is 18.8 Å². The summed E-state index contributed by atoms with van der Waals surface area (Å²) in [6, 6.07) is -0.230. The van der Waals surface area contributed by atoms with Crippen molar-refractivity contribution in [2.45, 2.75) is 46.0 Å². The van der Waals surface area contributed by atoms with Gasteiger partial charge in [0, 0.05) is 17.7 Å². The number of rotatable bonds is 7. The van der Waals surface area contributed by atoms with E-state index in [9.17, 15) is 4.79 Å². The highest BCUT2D eigenvalue weighted by Crippen LogP contribution is 2.19. The second-order valence-electron chi connectivity index (χ2n) is 5.24. The molecule has 0 saturated heterocycles. The zero-order valence-corrected chi connectivity index (χ0v) is 15.6. The predicted octanol–water partition coefficient (Wildman–Crippen LogP) is 3.55. The van der Waals surface area contributed by atoms with Crippen molar-refractivity contribution in [1.82, 2.24) is 20.1 Å². The maximum Gasteiger partial charge on any atom is 0.319 e. The Morgan fingerprint density at radius 1 is 1.43 bits per heavy atom. The molecule has 0 atom stereocenters. The van der Waals surface area contributed by atoms with Gasteiger partial charge in [0.2, 0.25) is 0 Å². The third kappa shape index (κ3) is 4.71. The van der Waals surface area contributed by atoms with Crippen LogP contribution < -0.4 is 10.6 Å². The molecule has 126 valence electrons. The van der Waals surface area contributed by atoms with Gasteiger partial charge in [-0.2, -0.15) is 16.9 Å². The first kappa shape index (κ1) is 17.8. The number of carbonyl (C=O) groups is 1. The summed E-state index contributed by atoms with van der Waals surface area (Å²) in [6.07, 6.45) is 3.06. The van der Waals surface area contributed by atoms with Gasteiger partial charge in [0.25, 0.3) is 0 Å². The van der Waals surface area contributed by atoms with E-state index >= 15 is 0 Å². The topological polar surface area (TPSA) is 71.8 Å². The second-order valence-corrected chi connectivity index (χ2v) is 7.05. The minimum atomic E-state index is -0.230. The molecule has 2 aromatic heterocycles. The first-order valence-corrected chi connectivity index (χ1v) is 9.83. The minimum absolute atomic E-state index is 0.230. The summed E-state index contributed by atoms with van der Waals surface area (Å²) >= 11 is 3.37. The first-order valence-electron chi connectivity index (χ1n) is 7.56. The number of thiazole rings is 1. The number of anilines is 1. The molecule has 6 nitrogen and oxygen atoms in total. The molecule has 0 bridgehead atoms. The van der Waals surface area contributed by atoms with Crippen molar-refractivity contribution in [2.75, 3.05) is 11.6 Å². The lowest BCUT2D eigenvalue weighted by Gasteiger charge is -2.07. The van der Waals surface area contributed by atoms with E-state index in [0.29, 0.717) is 6.54 Å². The Labute approximate surface area is 145 Å². The van der Waals surface area contributed by atoms with Gasteiger partial charge in [0.1, 0.15) is 5.01 Å². The Hall–Kier alpha value is -1.54. The van der Waals surface area contributed by atoms with Crippen LogP contribution in [0.1, 0.15) is 35.4 Å². The second kappa shape index (κ2) is 8.35. The maximum atomic E-state index is 12.1. The Morgan fingerprint density at radius 2 is 2.22 bits per heavy atom. The molecule has 0 fully saturated rings. The average Bonchev–Trinajstić information content (AvgIpc) is 3.06. The quantitative estimate of drug-likeness (QED) is 0.798. The lowest BCUT2D eigenvalue weighted by atomic mass is 10.3. The van der Waals surface area contributed by atoms with E-state index in [4.69, 9.17) is 0 Å². The van der Waals surface area contributed by atoms with Crippen LogP contribution in [-0.4, -0.2) is 27.1 Å². The molecule has 2 amide bonds. The van der Waals surface area contributed by atoms with E-state index in [1.54, 1.807) is 23.1 Å². The van der Waals surface area contributed by atoms with Gasteiger partial charge in [0.15, 0.2) is 0 Å². The van der Waals surface area contributed by atoms with E-state index in [2.05, 4.69) is 33.9 Å². The third-order valence-corrected chi connectivity index (χ3v) is 5.00. The number of aromatic nitrogens is 3. The number of hydrogen-bond acceptors (Lipinski definition) is 5. The van der Waals surface area contributed by atoms with Crippen molar-refractivity contribution >= 4 is 34.8 Å². The van der Waals surface area contributed by atoms with Crippen molar-refractivity contribution in [3.63, 3.8) is 0 Å². The molecule has 0 radical (unpaired) electrons. The van der Waals surface area contributed by atoms with Crippen molar-refractivity contribution in [1.29, 1.82) is 0 Å². The van der Waals surface area contributed by atoms with Gasteiger partial charge >= 0.3 is 6.03 Å². The lowest BCUT2D eigenvalue weighted by molar-refractivity contribution is 0.251. The summed E-state index contributed by atoms with van der Waals surface area (Å²) in [6.45, 7) is 7.27. The van der Waals surface area contributed by atoms with E-state index < -0.39 is 0 Å². The summed E-state index contributed by atoms with van der Waals surface area (Å²) in [5, 5.41) is 13.3. The Bertz CT molecular complexity index is 665. The summed E-state index contributed by atoms with van der Waals surface area (Å²) in [4.78, 5) is 16.6. The maximum absolute atomic E-state index is 12.1. The monoisotopic (exact) mass is 353 g/mol. The molecule has 0 unspecified atom stereocenters. The Balaban J connectivity index is 1.91. The molecule has 0 aromatic carbocycles. The molecule has 0 spiro atoms. The SMILES string of the molecule is CCCn1nc(C)c(NC(=O)NCc2csc(CSC)n2)c1C. The average molecular weight is 354 g/mol. The summed E-state index contributed by atoms with van der Waals surface area (Å²) < 4.78 is 1.93. The van der Waals surface area contributed by atoms with Gasteiger partial charge in [-0.25, -0.2) is 9.78 Å². The molecule has 0 saturated carbocycles. The summed E-state index contributed by atoms with van der Waals surface area (Å²) in [5.74, 6) is 0.909. The molecular formula is C15H23N5OS2. The molecule has 23 heavy (non-hydrogen) atoms. The largest absolute Gasteiger partial charge is 0.332 e. The number of nitrogens with one attached hydrogen (secondary N) is 2. The Morgan fingerprint density at radius 3 is 2.91 bits per heavy atom. The lowest BCUT2D eigenvalue weighted by Crippen LogP contribution is -2.28. The van der Waals surface area contributed by atoms with Gasteiger partial charge in [-0.1, -0.05) is 6.92 Å². The number of amides is 2. The van der Waals surface area contributed by atoms with Crippen LogP contribution in [0.2, 0.25) is 0 Å². The first-order chi connectivity index (χ1) is 11.0. The number of carbonyl (C=O) groups excluding carboxylic acids is 1. The van der Waals surface area contributed by atoms with Crippen LogP contribution in [0.5, 0.6) is 0 Å². The van der Waals surface area contributed by atoms with Crippen LogP contribution in [0.15, 0.2) is 5.38 Å². The number of urea groups is 1. The molecule has 2 N–H and O–H groups in total. The van der Waals surface area contributed by atoms with Crippen molar-refractivity contribution in [2.24, 2.45) is 0 Å². The van der Waals surface area contributed by atoms with Crippen molar-refractivity contribution in [3.05, 3.63) is 27.5 Å². The smallest absolute Gasteiger partial charge is 0.319 e. The van der Waals surface area contributed by atoms with Gasteiger partial charge in [0.05, 0.1) is 29.3 Å². The van der Waals surface area contributed by atoms with Crippen LogP contribution >= 0.6 is 23.1 Å².